The molecule has 0 aliphatic heterocycles. The van der Waals surface area contributed by atoms with Gasteiger partial charge in [0.1, 0.15) is 0 Å². The summed E-state index contributed by atoms with van der Waals surface area (Å²) in [4.78, 5) is 0. The van der Waals surface area contributed by atoms with Crippen molar-refractivity contribution >= 4 is 22.4 Å². The molecule has 2 rings (SSSR count). The molecule has 0 radical (unpaired) electrons. The fourth-order valence-corrected chi connectivity index (χ4v) is 3.88. The molecule has 1 aromatic heterocycles. The van der Waals surface area contributed by atoms with Crippen molar-refractivity contribution in [3.8, 4) is 0 Å². The minimum absolute atomic E-state index is 0. The molecule has 0 fully saturated rings. The van der Waals surface area contributed by atoms with E-state index < -0.39 is 10.0 Å². The Morgan fingerprint density at radius 3 is 2.52 bits per heavy atom. The number of rotatable bonds is 8. The van der Waals surface area contributed by atoms with Crippen LogP contribution in [0.4, 0.5) is 0 Å². The Morgan fingerprint density at radius 2 is 1.91 bits per heavy atom. The van der Waals surface area contributed by atoms with Crippen LogP contribution in [0.2, 0.25) is 0 Å². The molecule has 1 aromatic carbocycles. The van der Waals surface area contributed by atoms with Gasteiger partial charge in [0.05, 0.1) is 6.20 Å². The fourth-order valence-electron chi connectivity index (χ4n) is 2.25. The van der Waals surface area contributed by atoms with Crippen molar-refractivity contribution in [2.24, 2.45) is 5.73 Å². The van der Waals surface area contributed by atoms with Gasteiger partial charge >= 0.3 is 0 Å². The van der Waals surface area contributed by atoms with Crippen LogP contribution in [0.5, 0.6) is 0 Å². The van der Waals surface area contributed by atoms with Gasteiger partial charge in [-0.1, -0.05) is 30.3 Å². The lowest BCUT2D eigenvalue weighted by atomic mass is 10.2. The lowest BCUT2D eigenvalue weighted by molar-refractivity contribution is 0.394. The molecule has 128 valence electrons. The quantitative estimate of drug-likeness (QED) is 0.781. The van der Waals surface area contributed by atoms with Gasteiger partial charge < -0.3 is 5.73 Å². The second-order valence-electron chi connectivity index (χ2n) is 4.95. The van der Waals surface area contributed by atoms with Crippen molar-refractivity contribution < 1.29 is 8.42 Å². The monoisotopic (exact) mass is 358 g/mol. The first kappa shape index (κ1) is 19.6. The Hall–Kier alpha value is -1.41. The van der Waals surface area contributed by atoms with E-state index in [-0.39, 0.29) is 17.4 Å². The van der Waals surface area contributed by atoms with Crippen molar-refractivity contribution in [3.63, 3.8) is 0 Å². The summed E-state index contributed by atoms with van der Waals surface area (Å²) in [6.45, 7) is 3.56. The zero-order valence-electron chi connectivity index (χ0n) is 13.1. The number of sulfonamides is 1. The Morgan fingerprint density at radius 1 is 1.22 bits per heavy atom. The molecule has 0 unspecified atom stereocenters. The first-order chi connectivity index (χ1) is 10.6. The fraction of sp³-hybridized carbons (Fsp3) is 0.400. The van der Waals surface area contributed by atoms with Crippen molar-refractivity contribution in [3.05, 3.63) is 48.2 Å². The molecule has 0 aliphatic carbocycles. The predicted octanol–water partition coefficient (Wildman–Crippen LogP) is 1.86. The molecule has 6 nitrogen and oxygen atoms in total. The molecule has 0 atom stereocenters. The lowest BCUT2D eigenvalue weighted by Crippen LogP contribution is -2.34. The van der Waals surface area contributed by atoms with Crippen molar-refractivity contribution in [2.45, 2.75) is 31.5 Å². The summed E-state index contributed by atoms with van der Waals surface area (Å²) in [5.74, 6) is 0. The molecule has 0 saturated heterocycles. The van der Waals surface area contributed by atoms with E-state index in [1.807, 2.05) is 37.3 Å². The highest BCUT2D eigenvalue weighted by Gasteiger charge is 2.27. The van der Waals surface area contributed by atoms with E-state index in [4.69, 9.17) is 5.73 Å². The van der Waals surface area contributed by atoms with E-state index in [1.165, 1.54) is 15.2 Å². The third-order valence-corrected chi connectivity index (χ3v) is 5.26. The summed E-state index contributed by atoms with van der Waals surface area (Å²) in [5.41, 5.74) is 6.50. The van der Waals surface area contributed by atoms with Crippen LogP contribution in [-0.4, -0.2) is 35.6 Å². The number of hydrogen-bond donors (Lipinski definition) is 1. The number of nitrogens with zero attached hydrogens (tertiary/aromatic N) is 3. The lowest BCUT2D eigenvalue weighted by Gasteiger charge is -2.22. The smallest absolute Gasteiger partial charge is 0.260 e. The predicted molar refractivity (Wildman–Crippen MR) is 92.9 cm³/mol. The molecule has 0 amide bonds. The summed E-state index contributed by atoms with van der Waals surface area (Å²) in [5, 5.41) is 4.28. The molecule has 8 heteroatoms. The Kier molecular flexibility index (Phi) is 7.70. The average molecular weight is 359 g/mol. The highest BCUT2D eigenvalue weighted by atomic mass is 35.5. The van der Waals surface area contributed by atoms with E-state index in [9.17, 15) is 8.42 Å². The summed E-state index contributed by atoms with van der Waals surface area (Å²) in [6, 6.07) is 11.1. The van der Waals surface area contributed by atoms with E-state index in [2.05, 4.69) is 5.10 Å². The van der Waals surface area contributed by atoms with Crippen LogP contribution in [-0.2, 0) is 23.1 Å². The molecule has 2 N–H and O–H groups in total. The third-order valence-electron chi connectivity index (χ3n) is 3.39. The number of hydrogen-bond acceptors (Lipinski definition) is 4. The van der Waals surface area contributed by atoms with Crippen molar-refractivity contribution in [1.82, 2.24) is 14.1 Å². The van der Waals surface area contributed by atoms with Crippen LogP contribution < -0.4 is 5.73 Å². The van der Waals surface area contributed by atoms with Crippen LogP contribution in [0.3, 0.4) is 0 Å². The summed E-state index contributed by atoms with van der Waals surface area (Å²) < 4.78 is 28.8. The van der Waals surface area contributed by atoms with Crippen molar-refractivity contribution in [2.75, 3.05) is 13.1 Å². The van der Waals surface area contributed by atoms with Gasteiger partial charge in [-0.2, -0.15) is 9.40 Å². The Balaban J connectivity index is 0.00000264. The highest BCUT2D eigenvalue weighted by Crippen LogP contribution is 2.18. The van der Waals surface area contributed by atoms with Crippen LogP contribution in [0, 0.1) is 0 Å². The van der Waals surface area contributed by atoms with Gasteiger partial charge in [-0.15, -0.1) is 12.4 Å². The van der Waals surface area contributed by atoms with Gasteiger partial charge in [0.25, 0.3) is 10.0 Å². The first-order valence-corrected chi connectivity index (χ1v) is 8.79. The molecule has 0 bridgehead atoms. The summed E-state index contributed by atoms with van der Waals surface area (Å²) in [7, 11) is -3.59. The molecule has 1 heterocycles. The van der Waals surface area contributed by atoms with Crippen LogP contribution in [0.25, 0.3) is 0 Å². The van der Waals surface area contributed by atoms with E-state index in [1.54, 1.807) is 6.07 Å². The topological polar surface area (TPSA) is 81.2 Å². The number of aromatic nitrogens is 2. The van der Waals surface area contributed by atoms with Gasteiger partial charge in [-0.05, 0) is 31.5 Å². The number of halogens is 1. The number of aryl methyl sites for hydroxylation is 1. The Bertz CT molecular complexity index is 689. The highest BCUT2D eigenvalue weighted by molar-refractivity contribution is 7.89. The second kappa shape index (κ2) is 9.02. The standard InChI is InChI=1S/C15H22N4O2S.ClH/c1-2-19-15(9-11-17-19)22(20,21)18(12-6-10-16)13-14-7-4-3-5-8-14;/h3-5,7-9,11H,2,6,10,12-13,16H2,1H3;1H. The second-order valence-corrected chi connectivity index (χ2v) is 6.84. The minimum atomic E-state index is -3.59. The number of nitrogens with two attached hydrogens (primary N) is 1. The van der Waals surface area contributed by atoms with Crippen LogP contribution in [0.1, 0.15) is 18.9 Å². The van der Waals surface area contributed by atoms with Crippen molar-refractivity contribution in [1.29, 1.82) is 0 Å². The third kappa shape index (κ3) is 4.78. The SMILES string of the molecule is CCn1nccc1S(=O)(=O)N(CCCN)Cc1ccccc1.Cl. The maximum Gasteiger partial charge on any atom is 0.260 e. The zero-order chi connectivity index (χ0) is 16.0. The molecular formula is C15H23ClN4O2S. The number of benzene rings is 1. The summed E-state index contributed by atoms with van der Waals surface area (Å²) >= 11 is 0. The molecule has 2 aromatic rings. The largest absolute Gasteiger partial charge is 0.330 e. The molecule has 23 heavy (non-hydrogen) atoms. The van der Waals surface area contributed by atoms with E-state index in [0.29, 0.717) is 32.6 Å². The van der Waals surface area contributed by atoms with Gasteiger partial charge in [-0.3, -0.25) is 4.68 Å². The van der Waals surface area contributed by atoms with E-state index >= 15 is 0 Å². The van der Waals surface area contributed by atoms with Gasteiger partial charge in [0, 0.05) is 19.6 Å². The van der Waals surface area contributed by atoms with Gasteiger partial charge in [0.2, 0.25) is 0 Å². The molecule has 0 saturated carbocycles. The van der Waals surface area contributed by atoms with E-state index in [0.717, 1.165) is 5.56 Å². The molecular weight excluding hydrogens is 336 g/mol. The molecule has 0 aliphatic rings. The first-order valence-electron chi connectivity index (χ1n) is 7.35. The van der Waals surface area contributed by atoms with Gasteiger partial charge in [-0.25, -0.2) is 8.42 Å². The van der Waals surface area contributed by atoms with Gasteiger partial charge in [0.15, 0.2) is 5.03 Å². The average Bonchev–Trinajstić information content (AvgIpc) is 3.01. The summed E-state index contributed by atoms with van der Waals surface area (Å²) in [6.07, 6.45) is 2.13. The maximum atomic E-state index is 12.9. The minimum Gasteiger partial charge on any atom is -0.330 e. The van der Waals surface area contributed by atoms with Crippen LogP contribution >= 0.6 is 12.4 Å². The Labute approximate surface area is 143 Å². The van der Waals surface area contributed by atoms with Crippen LogP contribution in [0.15, 0.2) is 47.6 Å². The molecule has 0 spiro atoms. The maximum absolute atomic E-state index is 12.9. The normalized spacial score (nSPS) is 11.4. The zero-order valence-corrected chi connectivity index (χ0v) is 14.8.